The number of hydrogen-bond donors (Lipinski definition) is 1. The number of hydrogen-bond acceptors (Lipinski definition) is 8. The van der Waals surface area contributed by atoms with Gasteiger partial charge in [0.2, 0.25) is 11.8 Å². The van der Waals surface area contributed by atoms with Crippen LogP contribution < -0.4 is 16.0 Å². The van der Waals surface area contributed by atoms with Gasteiger partial charge in [-0.1, -0.05) is 24.3 Å². The monoisotopic (exact) mass is 444 g/mol. The fourth-order valence-electron chi connectivity index (χ4n) is 4.23. The van der Waals surface area contributed by atoms with Crippen molar-refractivity contribution in [3.05, 3.63) is 76.7 Å². The summed E-state index contributed by atoms with van der Waals surface area (Å²) in [7, 11) is 5.44. The molecule has 1 aliphatic heterocycles. The van der Waals surface area contributed by atoms with E-state index in [0.717, 1.165) is 16.7 Å². The molecule has 0 aliphatic carbocycles. The minimum atomic E-state index is -0.226. The molecule has 1 atom stereocenters. The van der Waals surface area contributed by atoms with E-state index in [1.165, 1.54) is 4.57 Å². The van der Waals surface area contributed by atoms with Crippen LogP contribution in [0.15, 0.2) is 65.6 Å². The summed E-state index contributed by atoms with van der Waals surface area (Å²) in [6, 6.07) is 16.8. The lowest BCUT2D eigenvalue weighted by atomic mass is 10.0. The molecule has 0 saturated carbocycles. The summed E-state index contributed by atoms with van der Waals surface area (Å²) in [6.07, 6.45) is 1.59. The molecule has 2 aromatic carbocycles. The number of nitrogen functional groups attached to an aromatic ring is 1. The minimum Gasteiger partial charge on any atom is -0.481 e. The van der Waals surface area contributed by atoms with Gasteiger partial charge in [0.05, 0.1) is 23.7 Å². The number of aromatic nitrogens is 3. The maximum absolute atomic E-state index is 13.4. The number of rotatable bonds is 4. The fourth-order valence-corrected chi connectivity index (χ4v) is 4.23. The summed E-state index contributed by atoms with van der Waals surface area (Å²) in [4.78, 5) is 30.0. The van der Waals surface area contributed by atoms with E-state index >= 15 is 0 Å². The van der Waals surface area contributed by atoms with E-state index in [-0.39, 0.29) is 17.7 Å². The van der Waals surface area contributed by atoms with Gasteiger partial charge in [0.25, 0.3) is 5.56 Å². The average molecular weight is 444 g/mol. The van der Waals surface area contributed by atoms with Gasteiger partial charge in [-0.15, -0.1) is 0 Å². The van der Waals surface area contributed by atoms with Crippen LogP contribution >= 0.6 is 0 Å². The van der Waals surface area contributed by atoms with Crippen molar-refractivity contribution in [1.82, 2.24) is 24.5 Å². The normalized spacial score (nSPS) is 17.0. The number of nitrogens with two attached hydrogens (primary N) is 1. The highest BCUT2D eigenvalue weighted by Gasteiger charge is 2.32. The molecule has 0 bridgehead atoms. The minimum absolute atomic E-state index is 0.146. The van der Waals surface area contributed by atoms with Crippen LogP contribution in [0.2, 0.25) is 0 Å². The van der Waals surface area contributed by atoms with Crippen LogP contribution in [0.4, 0.5) is 5.95 Å². The van der Waals surface area contributed by atoms with Gasteiger partial charge in [-0.05, 0) is 42.9 Å². The quantitative estimate of drug-likeness (QED) is 0.513. The van der Waals surface area contributed by atoms with Gasteiger partial charge in [-0.3, -0.25) is 14.5 Å². The predicted octanol–water partition coefficient (Wildman–Crippen LogP) is 2.80. The standard InChI is InChI=1S/C24H24N6O3/c1-28-14-33-29(2)22(28)19-12-16(13-26-21(19)32-3)15-9-10-20-18(11-15)23(31)30(24(25)27-20)17-7-5-4-6-8-17/h4-13,22H,14H2,1-3H3,(H2,25,27). The Bertz CT molecular complexity index is 1380. The molecule has 1 unspecified atom stereocenters. The summed E-state index contributed by atoms with van der Waals surface area (Å²) >= 11 is 0. The number of ether oxygens (including phenoxy) is 1. The topological polar surface area (TPSA) is 98.7 Å². The van der Waals surface area contributed by atoms with Gasteiger partial charge < -0.3 is 10.5 Å². The van der Waals surface area contributed by atoms with Gasteiger partial charge in [0.15, 0.2) is 0 Å². The van der Waals surface area contributed by atoms with Crippen molar-refractivity contribution >= 4 is 16.9 Å². The number of fused-ring (bicyclic) bond motifs is 1. The highest BCUT2D eigenvalue weighted by molar-refractivity contribution is 5.85. The van der Waals surface area contributed by atoms with E-state index in [1.54, 1.807) is 24.4 Å². The Morgan fingerprint density at radius 2 is 1.88 bits per heavy atom. The molecule has 33 heavy (non-hydrogen) atoms. The third-order valence-electron chi connectivity index (χ3n) is 5.82. The fraction of sp³-hybridized carbons (Fsp3) is 0.208. The van der Waals surface area contributed by atoms with Crippen molar-refractivity contribution in [1.29, 1.82) is 0 Å². The van der Waals surface area contributed by atoms with E-state index in [2.05, 4.69) is 14.9 Å². The number of pyridine rings is 1. The molecule has 9 nitrogen and oxygen atoms in total. The van der Waals surface area contributed by atoms with Crippen LogP contribution in [0.5, 0.6) is 5.88 Å². The zero-order valence-corrected chi connectivity index (χ0v) is 18.6. The largest absolute Gasteiger partial charge is 0.481 e. The number of benzene rings is 2. The lowest BCUT2D eigenvalue weighted by Gasteiger charge is -2.24. The van der Waals surface area contributed by atoms with Gasteiger partial charge in [0, 0.05) is 24.4 Å². The van der Waals surface area contributed by atoms with Crippen molar-refractivity contribution in [2.45, 2.75) is 6.17 Å². The molecular formula is C24H24N6O3. The number of nitrogens with zero attached hydrogens (tertiary/aromatic N) is 5. The number of methoxy groups -OCH3 is 1. The summed E-state index contributed by atoms with van der Waals surface area (Å²) < 4.78 is 6.94. The van der Waals surface area contributed by atoms with Gasteiger partial charge >= 0.3 is 0 Å². The van der Waals surface area contributed by atoms with Crippen LogP contribution in [0, 0.1) is 0 Å². The Morgan fingerprint density at radius 3 is 2.58 bits per heavy atom. The van der Waals surface area contributed by atoms with E-state index in [4.69, 9.17) is 15.3 Å². The summed E-state index contributed by atoms with van der Waals surface area (Å²) in [6.45, 7) is 0.469. The second-order valence-electron chi connectivity index (χ2n) is 7.94. The van der Waals surface area contributed by atoms with Crippen molar-refractivity contribution in [2.75, 3.05) is 33.7 Å². The third kappa shape index (κ3) is 3.62. The Morgan fingerprint density at radius 1 is 1.09 bits per heavy atom. The molecule has 5 rings (SSSR count). The van der Waals surface area contributed by atoms with Crippen LogP contribution in [0.3, 0.4) is 0 Å². The first-order chi connectivity index (χ1) is 16.0. The summed E-state index contributed by atoms with van der Waals surface area (Å²) in [5.41, 5.74) is 9.67. The van der Waals surface area contributed by atoms with Gasteiger partial charge in [0.1, 0.15) is 12.9 Å². The van der Waals surface area contributed by atoms with Crippen LogP contribution in [0.25, 0.3) is 27.7 Å². The Labute approximate surface area is 190 Å². The lowest BCUT2D eigenvalue weighted by Crippen LogP contribution is -2.26. The molecule has 1 fully saturated rings. The van der Waals surface area contributed by atoms with E-state index in [1.807, 2.05) is 62.6 Å². The predicted molar refractivity (Wildman–Crippen MR) is 126 cm³/mol. The maximum Gasteiger partial charge on any atom is 0.267 e. The molecule has 0 radical (unpaired) electrons. The number of anilines is 1. The molecule has 1 aliphatic rings. The lowest BCUT2D eigenvalue weighted by molar-refractivity contribution is -0.111. The second kappa shape index (κ2) is 8.28. The Kier molecular flexibility index (Phi) is 5.29. The third-order valence-corrected chi connectivity index (χ3v) is 5.82. The molecule has 168 valence electrons. The molecule has 0 spiro atoms. The molecule has 4 aromatic rings. The second-order valence-corrected chi connectivity index (χ2v) is 7.94. The summed E-state index contributed by atoms with van der Waals surface area (Å²) in [5, 5.41) is 2.25. The first kappa shape index (κ1) is 21.1. The molecule has 3 heterocycles. The van der Waals surface area contributed by atoms with Crippen molar-refractivity contribution in [3.8, 4) is 22.7 Å². The van der Waals surface area contributed by atoms with Crippen LogP contribution in [-0.2, 0) is 4.84 Å². The number of hydroxylamine groups is 2. The summed E-state index contributed by atoms with van der Waals surface area (Å²) in [5.74, 6) is 0.668. The Hall–Kier alpha value is -3.79. The zero-order chi connectivity index (χ0) is 23.1. The van der Waals surface area contributed by atoms with Crippen molar-refractivity contribution < 1.29 is 9.57 Å². The van der Waals surface area contributed by atoms with Crippen molar-refractivity contribution in [3.63, 3.8) is 0 Å². The maximum atomic E-state index is 13.4. The SMILES string of the molecule is COc1ncc(-c2ccc3nc(N)n(-c4ccccc4)c(=O)c3c2)cc1C1N(C)CON1C. The molecule has 0 amide bonds. The van der Waals surface area contributed by atoms with Gasteiger partial charge in [-0.2, -0.15) is 5.06 Å². The van der Waals surface area contributed by atoms with Crippen LogP contribution in [-0.4, -0.2) is 52.4 Å². The highest BCUT2D eigenvalue weighted by Crippen LogP contribution is 2.36. The number of para-hydroxylation sites is 1. The zero-order valence-electron chi connectivity index (χ0n) is 18.6. The van der Waals surface area contributed by atoms with Crippen molar-refractivity contribution in [2.24, 2.45) is 0 Å². The molecule has 1 saturated heterocycles. The Balaban J connectivity index is 1.65. The van der Waals surface area contributed by atoms with E-state index in [9.17, 15) is 4.79 Å². The first-order valence-corrected chi connectivity index (χ1v) is 10.5. The molecule has 2 aromatic heterocycles. The van der Waals surface area contributed by atoms with E-state index < -0.39 is 0 Å². The first-order valence-electron chi connectivity index (χ1n) is 10.5. The van der Waals surface area contributed by atoms with Gasteiger partial charge in [-0.25, -0.2) is 14.5 Å². The highest BCUT2D eigenvalue weighted by atomic mass is 16.7. The smallest absolute Gasteiger partial charge is 0.267 e. The molecule has 2 N–H and O–H groups in total. The van der Waals surface area contributed by atoms with Crippen LogP contribution in [0.1, 0.15) is 11.7 Å². The van der Waals surface area contributed by atoms with E-state index in [0.29, 0.717) is 29.2 Å². The molecular weight excluding hydrogens is 420 g/mol. The average Bonchev–Trinajstić information content (AvgIpc) is 3.17. The molecule has 9 heteroatoms.